The molecule has 1 aromatic carbocycles. The molecular formula is C13H10BrN3O3S. The monoisotopic (exact) mass is 367 g/mol. The smallest absolute Gasteiger partial charge is 0.270 e. The first kappa shape index (κ1) is 15.6. The number of nitro groups is 1. The number of hydrogen-bond donors (Lipinski definition) is 0. The van der Waals surface area contributed by atoms with Crippen LogP contribution in [0.3, 0.4) is 0 Å². The summed E-state index contributed by atoms with van der Waals surface area (Å²) in [4.78, 5) is 30.2. The van der Waals surface area contributed by atoms with Gasteiger partial charge in [-0.2, -0.15) is 0 Å². The summed E-state index contributed by atoms with van der Waals surface area (Å²) in [5.74, 6) is -0.288. The maximum absolute atomic E-state index is 12.4. The number of rotatable bonds is 5. The van der Waals surface area contributed by atoms with Crippen LogP contribution in [0.4, 0.5) is 5.69 Å². The van der Waals surface area contributed by atoms with Crippen molar-refractivity contribution in [2.75, 3.05) is 6.26 Å². The van der Waals surface area contributed by atoms with Gasteiger partial charge in [-0.25, -0.2) is 9.97 Å². The molecule has 0 amide bonds. The second-order valence-corrected chi connectivity index (χ2v) is 5.69. The molecule has 1 aromatic heterocycles. The number of aromatic nitrogens is 2. The topological polar surface area (TPSA) is 86.0 Å². The minimum atomic E-state index is -0.673. The lowest BCUT2D eigenvalue weighted by atomic mass is 10.1. The summed E-state index contributed by atoms with van der Waals surface area (Å²) in [6.07, 6.45) is 3.41. The van der Waals surface area contributed by atoms with Crippen LogP contribution in [0.15, 0.2) is 41.7 Å². The predicted octanol–water partition coefficient (Wildman–Crippen LogP) is 3.43. The zero-order valence-corrected chi connectivity index (χ0v) is 13.3. The van der Waals surface area contributed by atoms with Crippen molar-refractivity contribution in [3.8, 4) is 0 Å². The molecule has 21 heavy (non-hydrogen) atoms. The zero-order chi connectivity index (χ0) is 15.4. The van der Waals surface area contributed by atoms with E-state index in [1.807, 2.05) is 6.26 Å². The third-order valence-electron chi connectivity index (χ3n) is 2.67. The summed E-state index contributed by atoms with van der Waals surface area (Å²) >= 11 is 4.66. The average molecular weight is 368 g/mol. The predicted molar refractivity (Wildman–Crippen MR) is 82.9 cm³/mol. The van der Waals surface area contributed by atoms with E-state index < -0.39 is 9.75 Å². The maximum Gasteiger partial charge on any atom is 0.270 e. The first-order valence-electron chi connectivity index (χ1n) is 5.82. The summed E-state index contributed by atoms with van der Waals surface area (Å²) in [5, 5.41) is 11.3. The highest BCUT2D eigenvalue weighted by atomic mass is 79.9. The van der Waals surface area contributed by atoms with Gasteiger partial charge in [0.25, 0.3) is 5.69 Å². The molecule has 8 heteroatoms. The SMILES string of the molecule is CSc1nccc(C(Br)C(=O)c2cccc([N+](=O)[O-])c2)n1. The van der Waals surface area contributed by atoms with Crippen molar-refractivity contribution < 1.29 is 9.72 Å². The van der Waals surface area contributed by atoms with Crippen molar-refractivity contribution in [2.24, 2.45) is 0 Å². The van der Waals surface area contributed by atoms with Gasteiger partial charge in [0.05, 0.1) is 10.6 Å². The number of nitro benzene ring substituents is 1. The molecule has 6 nitrogen and oxygen atoms in total. The van der Waals surface area contributed by atoms with E-state index in [1.165, 1.54) is 30.0 Å². The molecule has 0 aliphatic carbocycles. The quantitative estimate of drug-likeness (QED) is 0.201. The van der Waals surface area contributed by atoms with E-state index in [2.05, 4.69) is 25.9 Å². The molecule has 0 N–H and O–H groups in total. The highest BCUT2D eigenvalue weighted by molar-refractivity contribution is 9.09. The van der Waals surface area contributed by atoms with Gasteiger partial charge in [-0.1, -0.05) is 39.8 Å². The second kappa shape index (κ2) is 6.77. The summed E-state index contributed by atoms with van der Waals surface area (Å²) in [6.45, 7) is 0. The largest absolute Gasteiger partial charge is 0.292 e. The highest BCUT2D eigenvalue weighted by Gasteiger charge is 2.22. The Morgan fingerprint density at radius 2 is 2.19 bits per heavy atom. The van der Waals surface area contributed by atoms with Crippen LogP contribution in [0.1, 0.15) is 20.9 Å². The normalized spacial score (nSPS) is 11.9. The Labute approximate surface area is 133 Å². The van der Waals surface area contributed by atoms with E-state index in [1.54, 1.807) is 18.3 Å². The van der Waals surface area contributed by atoms with E-state index in [-0.39, 0.29) is 17.0 Å². The van der Waals surface area contributed by atoms with Gasteiger partial charge in [0.1, 0.15) is 4.83 Å². The number of alkyl halides is 1. The fourth-order valence-electron chi connectivity index (χ4n) is 1.65. The van der Waals surface area contributed by atoms with Gasteiger partial charge < -0.3 is 0 Å². The number of thioether (sulfide) groups is 1. The molecule has 0 spiro atoms. The van der Waals surface area contributed by atoms with E-state index >= 15 is 0 Å². The number of hydrogen-bond acceptors (Lipinski definition) is 6. The molecule has 108 valence electrons. The van der Waals surface area contributed by atoms with E-state index in [4.69, 9.17) is 0 Å². The number of carbonyl (C=O) groups is 1. The number of halogens is 1. The molecule has 2 aromatic rings. The molecule has 1 heterocycles. The van der Waals surface area contributed by atoms with Gasteiger partial charge in [-0.05, 0) is 12.3 Å². The lowest BCUT2D eigenvalue weighted by Crippen LogP contribution is -2.09. The molecule has 0 aliphatic rings. The minimum Gasteiger partial charge on any atom is -0.292 e. The standard InChI is InChI=1S/C13H10BrN3O3S/c1-21-13-15-6-5-10(16-13)11(14)12(18)8-3-2-4-9(7-8)17(19)20/h2-7,11H,1H3. The van der Waals surface area contributed by atoms with Gasteiger partial charge in [0.2, 0.25) is 0 Å². The Hall–Kier alpha value is -1.80. The Balaban J connectivity index is 2.30. The van der Waals surface area contributed by atoms with Crippen LogP contribution in [0.5, 0.6) is 0 Å². The molecular weight excluding hydrogens is 358 g/mol. The first-order valence-corrected chi connectivity index (χ1v) is 7.96. The van der Waals surface area contributed by atoms with Gasteiger partial charge in [-0.3, -0.25) is 14.9 Å². The van der Waals surface area contributed by atoms with Crippen LogP contribution in [0.2, 0.25) is 0 Å². The van der Waals surface area contributed by atoms with Gasteiger partial charge in [0, 0.05) is 23.9 Å². The lowest BCUT2D eigenvalue weighted by molar-refractivity contribution is -0.384. The van der Waals surface area contributed by atoms with Crippen LogP contribution in [0.25, 0.3) is 0 Å². The number of benzene rings is 1. The van der Waals surface area contributed by atoms with Crippen LogP contribution in [0, 0.1) is 10.1 Å². The average Bonchev–Trinajstić information content (AvgIpc) is 2.53. The van der Waals surface area contributed by atoms with Crippen LogP contribution < -0.4 is 0 Å². The van der Waals surface area contributed by atoms with Crippen molar-refractivity contribution in [2.45, 2.75) is 9.98 Å². The number of non-ortho nitro benzene ring substituents is 1. The van der Waals surface area contributed by atoms with Gasteiger partial charge in [-0.15, -0.1) is 0 Å². The van der Waals surface area contributed by atoms with Crippen LogP contribution in [-0.4, -0.2) is 26.9 Å². The number of carbonyl (C=O) groups excluding carboxylic acids is 1. The maximum atomic E-state index is 12.4. The fourth-order valence-corrected chi connectivity index (χ4v) is 2.53. The molecule has 0 bridgehead atoms. The molecule has 2 rings (SSSR count). The second-order valence-electron chi connectivity index (χ2n) is 4.00. The third kappa shape index (κ3) is 3.64. The first-order chi connectivity index (χ1) is 10.0. The number of ketones is 1. The molecule has 1 unspecified atom stereocenters. The van der Waals surface area contributed by atoms with Crippen molar-refractivity contribution in [1.29, 1.82) is 0 Å². The molecule has 1 atom stereocenters. The van der Waals surface area contributed by atoms with Crippen molar-refractivity contribution in [1.82, 2.24) is 9.97 Å². The van der Waals surface area contributed by atoms with E-state index in [9.17, 15) is 14.9 Å². The van der Waals surface area contributed by atoms with E-state index in [0.29, 0.717) is 10.9 Å². The zero-order valence-electron chi connectivity index (χ0n) is 10.9. The summed E-state index contributed by atoms with van der Waals surface area (Å²) in [5.41, 5.74) is 0.661. The molecule has 0 aliphatic heterocycles. The molecule has 0 saturated carbocycles. The minimum absolute atomic E-state index is 0.118. The van der Waals surface area contributed by atoms with Crippen LogP contribution in [-0.2, 0) is 0 Å². The Morgan fingerprint density at radius 1 is 1.43 bits per heavy atom. The number of nitrogens with zero attached hydrogens (tertiary/aromatic N) is 3. The fraction of sp³-hybridized carbons (Fsp3) is 0.154. The number of Topliss-reactive ketones (excluding diaryl/α,β-unsaturated/α-hetero) is 1. The summed E-state index contributed by atoms with van der Waals surface area (Å²) < 4.78 is 0. The van der Waals surface area contributed by atoms with Crippen molar-refractivity contribution in [3.05, 3.63) is 57.9 Å². The molecule has 0 saturated heterocycles. The Bertz CT molecular complexity index is 696. The summed E-state index contributed by atoms with van der Waals surface area (Å²) in [7, 11) is 0. The molecule has 0 fully saturated rings. The van der Waals surface area contributed by atoms with E-state index in [0.717, 1.165) is 0 Å². The van der Waals surface area contributed by atoms with Gasteiger partial charge in [0.15, 0.2) is 10.9 Å². The lowest BCUT2D eigenvalue weighted by Gasteiger charge is -2.09. The van der Waals surface area contributed by atoms with Crippen molar-refractivity contribution in [3.63, 3.8) is 0 Å². The summed E-state index contributed by atoms with van der Waals surface area (Å²) in [6, 6.07) is 7.26. The van der Waals surface area contributed by atoms with Crippen LogP contribution >= 0.6 is 27.7 Å². The third-order valence-corrected chi connectivity index (χ3v) is 4.12. The Kier molecular flexibility index (Phi) is 5.03. The Morgan fingerprint density at radius 3 is 2.86 bits per heavy atom. The molecule has 0 radical (unpaired) electrons. The highest BCUT2D eigenvalue weighted by Crippen LogP contribution is 2.27. The van der Waals surface area contributed by atoms with Crippen molar-refractivity contribution >= 4 is 39.2 Å². The van der Waals surface area contributed by atoms with Gasteiger partial charge >= 0.3 is 0 Å².